The second-order valence-electron chi connectivity index (χ2n) is 17.8. The number of phosphoric acid groups is 1. The van der Waals surface area contributed by atoms with E-state index in [0.717, 1.165) is 64.2 Å². The summed E-state index contributed by atoms with van der Waals surface area (Å²) in [4.78, 5) is 25.2. The van der Waals surface area contributed by atoms with Gasteiger partial charge in [-0.15, -0.1) is 0 Å². The monoisotopic (exact) mass is 902 g/mol. The van der Waals surface area contributed by atoms with Gasteiger partial charge in [-0.05, 0) is 89.9 Å². The van der Waals surface area contributed by atoms with E-state index in [9.17, 15) is 14.3 Å². The minimum Gasteiger partial charge on any atom is -0.756 e. The molecule has 9 heteroatoms. The molecule has 0 bridgehead atoms. The summed E-state index contributed by atoms with van der Waals surface area (Å²) in [5.41, 5.74) is 0. The van der Waals surface area contributed by atoms with Crippen molar-refractivity contribution in [3.8, 4) is 0 Å². The van der Waals surface area contributed by atoms with Gasteiger partial charge in [0.15, 0.2) is 0 Å². The van der Waals surface area contributed by atoms with Gasteiger partial charge >= 0.3 is 5.97 Å². The normalized spacial score (nSPS) is 14.3. The van der Waals surface area contributed by atoms with Crippen LogP contribution in [0.5, 0.6) is 0 Å². The molecule has 2 unspecified atom stereocenters. The van der Waals surface area contributed by atoms with Gasteiger partial charge < -0.3 is 27.9 Å². The zero-order valence-electron chi connectivity index (χ0n) is 41.2. The average Bonchev–Trinajstić information content (AvgIpc) is 3.24. The Bertz CT molecular complexity index is 1280. The van der Waals surface area contributed by atoms with Crippen molar-refractivity contribution in [3.63, 3.8) is 0 Å². The summed E-state index contributed by atoms with van der Waals surface area (Å²) in [5, 5.41) is 0. The number of esters is 1. The molecular weight excluding hydrogens is 806 g/mol. The Balaban J connectivity index is 4.26. The maximum absolute atomic E-state index is 12.7. The number of rotatable bonds is 46. The number of carbonyl (C=O) groups is 1. The van der Waals surface area contributed by atoms with Crippen molar-refractivity contribution in [2.75, 3.05) is 54.1 Å². The van der Waals surface area contributed by atoms with E-state index in [1.807, 2.05) is 21.1 Å². The molecule has 364 valence electrons. The molecule has 0 amide bonds. The molecule has 63 heavy (non-hydrogen) atoms. The van der Waals surface area contributed by atoms with E-state index in [1.54, 1.807) is 0 Å². The van der Waals surface area contributed by atoms with Crippen LogP contribution in [0.15, 0.2) is 85.1 Å². The van der Waals surface area contributed by atoms with E-state index in [4.69, 9.17) is 18.5 Å². The summed E-state index contributed by atoms with van der Waals surface area (Å²) in [6.45, 7) is 5.23. The molecule has 0 aromatic rings. The highest BCUT2D eigenvalue weighted by Crippen LogP contribution is 2.38. The molecule has 0 aromatic carbocycles. The van der Waals surface area contributed by atoms with Gasteiger partial charge in [-0.2, -0.15) is 0 Å². The fourth-order valence-electron chi connectivity index (χ4n) is 6.54. The molecule has 0 rings (SSSR count). The zero-order valence-corrected chi connectivity index (χ0v) is 42.1. The molecule has 0 aliphatic heterocycles. The van der Waals surface area contributed by atoms with Crippen LogP contribution < -0.4 is 4.89 Å². The molecular formula is C54H96NO7P. The van der Waals surface area contributed by atoms with E-state index < -0.39 is 13.9 Å². The van der Waals surface area contributed by atoms with E-state index in [-0.39, 0.29) is 32.2 Å². The van der Waals surface area contributed by atoms with Crippen LogP contribution in [0.2, 0.25) is 0 Å². The standard InChI is InChI=1S/C54H96NO7P/c1-6-8-10-12-14-16-18-20-22-24-26-28-29-31-33-35-37-39-41-43-45-47-54(56)62-53(52-61-63(57,58)60-50-48-55(3,4)5)51-59-49-46-44-42-40-38-36-34-32-30-27-25-23-21-19-17-15-13-11-9-7-2/h8,10,14,16,20-23,26,28,31,33,37,39,53H,6-7,9,11-13,15,17-19,24-25,27,29-30,32,34-36,38,40-52H2,1-5H3/b10-8-,16-14-,22-20-,23-21-,28-26-,33-31-,39-37-. The van der Waals surface area contributed by atoms with Crippen molar-refractivity contribution in [2.24, 2.45) is 0 Å². The molecule has 2 atom stereocenters. The molecule has 0 aliphatic rings. The smallest absolute Gasteiger partial charge is 0.306 e. The molecule has 0 aliphatic carbocycles. The van der Waals surface area contributed by atoms with Crippen LogP contribution in [0.4, 0.5) is 0 Å². The number of carbonyl (C=O) groups excluding carboxylic acids is 1. The van der Waals surface area contributed by atoms with Gasteiger partial charge in [0.2, 0.25) is 0 Å². The van der Waals surface area contributed by atoms with Crippen LogP contribution in [0.1, 0.15) is 194 Å². The Hall–Kier alpha value is -2.32. The summed E-state index contributed by atoms with van der Waals surface area (Å²) >= 11 is 0. The van der Waals surface area contributed by atoms with Crippen molar-refractivity contribution >= 4 is 13.8 Å². The third kappa shape index (κ3) is 50.5. The Labute approximate surface area is 388 Å². The zero-order chi connectivity index (χ0) is 46.2. The number of hydrogen-bond donors (Lipinski definition) is 0. The summed E-state index contributed by atoms with van der Waals surface area (Å²) in [6, 6.07) is 0. The number of quaternary nitrogens is 1. The van der Waals surface area contributed by atoms with E-state index >= 15 is 0 Å². The quantitative estimate of drug-likeness (QED) is 0.0197. The summed E-state index contributed by atoms with van der Waals surface area (Å²) in [5.74, 6) is -0.378. The number of nitrogens with zero attached hydrogens (tertiary/aromatic N) is 1. The van der Waals surface area contributed by atoms with Crippen molar-refractivity contribution in [2.45, 2.75) is 200 Å². The van der Waals surface area contributed by atoms with Gasteiger partial charge in [-0.3, -0.25) is 9.36 Å². The Morgan fingerprint density at radius 3 is 1.40 bits per heavy atom. The number of ether oxygens (including phenoxy) is 2. The van der Waals surface area contributed by atoms with E-state index in [0.29, 0.717) is 24.1 Å². The SMILES string of the molecule is CC/C=C\C/C=C\C/C=C\C/C=C\C/C=C\C/C=C\CCCCC(=O)OC(COCCCCCCCCCCCC/C=C\CCCCCCCC)COP(=O)([O-])OCC[N+](C)(C)C. The topological polar surface area (TPSA) is 94.1 Å². The Morgan fingerprint density at radius 1 is 0.508 bits per heavy atom. The summed E-state index contributed by atoms with van der Waals surface area (Å²) in [6.07, 6.45) is 61.8. The number of unbranched alkanes of at least 4 members (excludes halogenated alkanes) is 18. The van der Waals surface area contributed by atoms with Gasteiger partial charge in [-0.1, -0.05) is 182 Å². The number of phosphoric ester groups is 1. The molecule has 0 heterocycles. The molecule has 8 nitrogen and oxygen atoms in total. The molecule has 0 saturated carbocycles. The molecule has 0 radical (unpaired) electrons. The lowest BCUT2D eigenvalue weighted by Crippen LogP contribution is -2.37. The largest absolute Gasteiger partial charge is 0.756 e. The molecule has 0 N–H and O–H groups in total. The average molecular weight is 902 g/mol. The number of hydrogen-bond acceptors (Lipinski definition) is 7. The van der Waals surface area contributed by atoms with Crippen molar-refractivity contribution in [3.05, 3.63) is 85.1 Å². The maximum atomic E-state index is 12.7. The summed E-state index contributed by atoms with van der Waals surface area (Å²) < 4.78 is 34.7. The van der Waals surface area contributed by atoms with Crippen molar-refractivity contribution < 1.29 is 37.3 Å². The number of allylic oxidation sites excluding steroid dienone is 14. The highest BCUT2D eigenvalue weighted by Gasteiger charge is 2.20. The van der Waals surface area contributed by atoms with E-state index in [1.165, 1.54) is 103 Å². The third-order valence-electron chi connectivity index (χ3n) is 10.4. The van der Waals surface area contributed by atoms with Gasteiger partial charge in [0.05, 0.1) is 34.4 Å². The Kier molecular flexibility index (Phi) is 44.5. The first-order valence-corrected chi connectivity index (χ1v) is 26.8. The lowest BCUT2D eigenvalue weighted by molar-refractivity contribution is -0.870. The van der Waals surface area contributed by atoms with Crippen LogP contribution in [0, 0.1) is 0 Å². The van der Waals surface area contributed by atoms with Gasteiger partial charge in [-0.25, -0.2) is 0 Å². The molecule has 0 spiro atoms. The van der Waals surface area contributed by atoms with Gasteiger partial charge in [0, 0.05) is 13.0 Å². The van der Waals surface area contributed by atoms with Crippen molar-refractivity contribution in [1.29, 1.82) is 0 Å². The first-order valence-electron chi connectivity index (χ1n) is 25.3. The second-order valence-corrected chi connectivity index (χ2v) is 19.2. The highest BCUT2D eigenvalue weighted by molar-refractivity contribution is 7.45. The minimum atomic E-state index is -4.55. The van der Waals surface area contributed by atoms with Crippen LogP contribution >= 0.6 is 7.82 Å². The highest BCUT2D eigenvalue weighted by atomic mass is 31.2. The lowest BCUT2D eigenvalue weighted by atomic mass is 10.1. The van der Waals surface area contributed by atoms with Crippen molar-refractivity contribution in [1.82, 2.24) is 0 Å². The minimum absolute atomic E-state index is 0.0131. The lowest BCUT2D eigenvalue weighted by Gasteiger charge is -2.28. The first kappa shape index (κ1) is 60.7. The molecule has 0 aromatic heterocycles. The Morgan fingerprint density at radius 2 is 0.921 bits per heavy atom. The summed E-state index contributed by atoms with van der Waals surface area (Å²) in [7, 11) is 1.32. The third-order valence-corrected chi connectivity index (χ3v) is 11.4. The van der Waals surface area contributed by atoms with E-state index in [2.05, 4.69) is 98.9 Å². The first-order chi connectivity index (χ1) is 30.6. The van der Waals surface area contributed by atoms with Crippen LogP contribution in [-0.2, 0) is 27.9 Å². The second kappa shape index (κ2) is 46.2. The fraction of sp³-hybridized carbons (Fsp3) is 0.722. The maximum Gasteiger partial charge on any atom is 0.306 e. The van der Waals surface area contributed by atoms with Crippen LogP contribution in [0.3, 0.4) is 0 Å². The molecule has 0 saturated heterocycles. The van der Waals surface area contributed by atoms with Crippen LogP contribution in [-0.4, -0.2) is 70.7 Å². The van der Waals surface area contributed by atoms with Gasteiger partial charge in [0.1, 0.15) is 19.3 Å². The van der Waals surface area contributed by atoms with Crippen LogP contribution in [0.25, 0.3) is 0 Å². The molecule has 0 fully saturated rings. The van der Waals surface area contributed by atoms with Gasteiger partial charge in [0.25, 0.3) is 7.82 Å². The fourth-order valence-corrected chi connectivity index (χ4v) is 7.27. The predicted octanol–water partition coefficient (Wildman–Crippen LogP) is 15.0. The number of likely N-dealkylation sites (N-methyl/N-ethyl adjacent to an activating group) is 1. The predicted molar refractivity (Wildman–Crippen MR) is 268 cm³/mol.